The van der Waals surface area contributed by atoms with Crippen LogP contribution < -0.4 is 5.73 Å². The number of hydrogen-bond acceptors (Lipinski definition) is 2. The lowest BCUT2D eigenvalue weighted by Crippen LogP contribution is -2.10. The number of rotatable bonds is 6. The molecule has 0 radical (unpaired) electrons. The lowest BCUT2D eigenvalue weighted by molar-refractivity contribution is 0.561. The first-order valence-corrected chi connectivity index (χ1v) is 7.62. The van der Waals surface area contributed by atoms with E-state index >= 15 is 0 Å². The Hall–Kier alpha value is -0.990. The van der Waals surface area contributed by atoms with Crippen LogP contribution in [-0.4, -0.2) is 9.55 Å². The van der Waals surface area contributed by atoms with E-state index in [0.29, 0.717) is 5.92 Å². The SMILES string of the molecule is CCCCn1c(C2CCCC2)nc(CCC)c1N. The lowest BCUT2D eigenvalue weighted by Gasteiger charge is -2.13. The van der Waals surface area contributed by atoms with E-state index in [0.717, 1.165) is 30.9 Å². The van der Waals surface area contributed by atoms with Gasteiger partial charge in [-0.1, -0.05) is 39.5 Å². The zero-order valence-corrected chi connectivity index (χ0v) is 11.9. The number of aryl methyl sites for hydroxylation is 1. The topological polar surface area (TPSA) is 43.8 Å². The minimum Gasteiger partial charge on any atom is -0.384 e. The van der Waals surface area contributed by atoms with E-state index in [4.69, 9.17) is 10.7 Å². The van der Waals surface area contributed by atoms with Gasteiger partial charge in [-0.3, -0.25) is 0 Å². The summed E-state index contributed by atoms with van der Waals surface area (Å²) in [6, 6.07) is 0. The van der Waals surface area contributed by atoms with Gasteiger partial charge in [0.15, 0.2) is 0 Å². The van der Waals surface area contributed by atoms with Gasteiger partial charge in [-0.05, 0) is 25.7 Å². The van der Waals surface area contributed by atoms with Gasteiger partial charge < -0.3 is 10.3 Å². The Labute approximate surface area is 111 Å². The molecular formula is C15H27N3. The molecule has 102 valence electrons. The van der Waals surface area contributed by atoms with Gasteiger partial charge in [0.05, 0.1) is 5.69 Å². The van der Waals surface area contributed by atoms with E-state index in [1.807, 2.05) is 0 Å². The zero-order valence-electron chi connectivity index (χ0n) is 11.9. The van der Waals surface area contributed by atoms with Crippen molar-refractivity contribution in [3.05, 3.63) is 11.5 Å². The van der Waals surface area contributed by atoms with Gasteiger partial charge in [-0.15, -0.1) is 0 Å². The number of imidazole rings is 1. The van der Waals surface area contributed by atoms with E-state index in [1.165, 1.54) is 44.3 Å². The Morgan fingerprint density at radius 1 is 1.22 bits per heavy atom. The number of nitrogens with two attached hydrogens (primary N) is 1. The quantitative estimate of drug-likeness (QED) is 0.831. The van der Waals surface area contributed by atoms with E-state index in [-0.39, 0.29) is 0 Å². The predicted octanol–water partition coefficient (Wildman–Crippen LogP) is 3.88. The normalized spacial score (nSPS) is 16.6. The zero-order chi connectivity index (χ0) is 13.0. The van der Waals surface area contributed by atoms with Crippen molar-refractivity contribution in [1.29, 1.82) is 0 Å². The first-order valence-electron chi connectivity index (χ1n) is 7.62. The summed E-state index contributed by atoms with van der Waals surface area (Å²) in [5.74, 6) is 2.88. The molecule has 0 aromatic carbocycles. The fourth-order valence-electron chi connectivity index (χ4n) is 3.00. The average Bonchev–Trinajstić information content (AvgIpc) is 2.97. The molecule has 0 atom stereocenters. The summed E-state index contributed by atoms with van der Waals surface area (Å²) in [6.45, 7) is 5.47. The van der Waals surface area contributed by atoms with Crippen molar-refractivity contribution < 1.29 is 0 Å². The van der Waals surface area contributed by atoms with E-state index in [2.05, 4.69) is 18.4 Å². The van der Waals surface area contributed by atoms with Gasteiger partial charge in [0.1, 0.15) is 11.6 Å². The molecule has 1 heterocycles. The minimum atomic E-state index is 0.662. The molecule has 18 heavy (non-hydrogen) atoms. The first-order chi connectivity index (χ1) is 8.77. The van der Waals surface area contributed by atoms with Crippen molar-refractivity contribution in [2.45, 2.75) is 77.7 Å². The van der Waals surface area contributed by atoms with Crippen molar-refractivity contribution in [3.63, 3.8) is 0 Å². The number of nitrogens with zero attached hydrogens (tertiary/aromatic N) is 2. The third-order valence-corrected chi connectivity index (χ3v) is 4.05. The second-order valence-corrected chi connectivity index (χ2v) is 5.54. The summed E-state index contributed by atoms with van der Waals surface area (Å²) >= 11 is 0. The molecule has 1 aliphatic rings. The molecule has 0 unspecified atom stereocenters. The molecule has 1 aromatic heterocycles. The van der Waals surface area contributed by atoms with Gasteiger partial charge in [-0.2, -0.15) is 0 Å². The highest BCUT2D eigenvalue weighted by atomic mass is 15.1. The van der Waals surface area contributed by atoms with E-state index in [9.17, 15) is 0 Å². The highest BCUT2D eigenvalue weighted by Crippen LogP contribution is 2.35. The number of unbranched alkanes of at least 4 members (excludes halogenated alkanes) is 1. The Balaban J connectivity index is 2.26. The van der Waals surface area contributed by atoms with Crippen molar-refractivity contribution in [1.82, 2.24) is 9.55 Å². The largest absolute Gasteiger partial charge is 0.384 e. The van der Waals surface area contributed by atoms with Crippen LogP contribution in [0.1, 0.15) is 76.2 Å². The van der Waals surface area contributed by atoms with Gasteiger partial charge in [0.25, 0.3) is 0 Å². The standard InChI is InChI=1S/C15H27N3/c1-3-5-11-18-14(16)13(8-4-2)17-15(18)12-9-6-7-10-12/h12H,3-11,16H2,1-2H3. The Kier molecular flexibility index (Phi) is 4.67. The Morgan fingerprint density at radius 2 is 1.94 bits per heavy atom. The number of aromatic nitrogens is 2. The lowest BCUT2D eigenvalue weighted by atomic mass is 10.1. The molecule has 1 fully saturated rings. The van der Waals surface area contributed by atoms with Crippen LogP contribution >= 0.6 is 0 Å². The maximum atomic E-state index is 6.30. The van der Waals surface area contributed by atoms with Crippen molar-refractivity contribution >= 4 is 5.82 Å². The molecule has 1 aliphatic carbocycles. The van der Waals surface area contributed by atoms with Gasteiger partial charge in [-0.25, -0.2) is 4.98 Å². The maximum Gasteiger partial charge on any atom is 0.126 e. The van der Waals surface area contributed by atoms with Crippen LogP contribution in [0.3, 0.4) is 0 Å². The highest BCUT2D eigenvalue weighted by molar-refractivity contribution is 5.39. The molecule has 0 amide bonds. The molecule has 2 rings (SSSR count). The molecule has 0 aliphatic heterocycles. The van der Waals surface area contributed by atoms with Crippen LogP contribution in [0, 0.1) is 0 Å². The van der Waals surface area contributed by atoms with Gasteiger partial charge in [0, 0.05) is 12.5 Å². The molecule has 0 saturated heterocycles. The molecule has 3 nitrogen and oxygen atoms in total. The van der Waals surface area contributed by atoms with E-state index < -0.39 is 0 Å². The monoisotopic (exact) mass is 249 g/mol. The third kappa shape index (κ3) is 2.70. The van der Waals surface area contributed by atoms with Crippen LogP contribution in [0.15, 0.2) is 0 Å². The Bertz CT molecular complexity index is 375. The molecular weight excluding hydrogens is 222 g/mol. The van der Waals surface area contributed by atoms with Crippen molar-refractivity contribution in [2.75, 3.05) is 5.73 Å². The molecule has 0 spiro atoms. The number of anilines is 1. The van der Waals surface area contributed by atoms with Crippen LogP contribution in [0.2, 0.25) is 0 Å². The van der Waals surface area contributed by atoms with Crippen LogP contribution in [0.5, 0.6) is 0 Å². The highest BCUT2D eigenvalue weighted by Gasteiger charge is 2.24. The molecule has 1 saturated carbocycles. The molecule has 3 heteroatoms. The average molecular weight is 249 g/mol. The fraction of sp³-hybridized carbons (Fsp3) is 0.800. The van der Waals surface area contributed by atoms with Gasteiger partial charge >= 0.3 is 0 Å². The summed E-state index contributed by atoms with van der Waals surface area (Å²) in [5.41, 5.74) is 7.43. The second kappa shape index (κ2) is 6.26. The van der Waals surface area contributed by atoms with Crippen molar-refractivity contribution in [3.8, 4) is 0 Å². The maximum absolute atomic E-state index is 6.30. The molecule has 0 bridgehead atoms. The van der Waals surface area contributed by atoms with E-state index in [1.54, 1.807) is 0 Å². The number of nitrogen functional groups attached to an aromatic ring is 1. The minimum absolute atomic E-state index is 0.662. The summed E-state index contributed by atoms with van der Waals surface area (Å²) in [4.78, 5) is 4.87. The van der Waals surface area contributed by atoms with Gasteiger partial charge in [0.2, 0.25) is 0 Å². The first kappa shape index (κ1) is 13.4. The predicted molar refractivity (Wildman–Crippen MR) is 76.8 cm³/mol. The molecule has 2 N–H and O–H groups in total. The third-order valence-electron chi connectivity index (χ3n) is 4.05. The Morgan fingerprint density at radius 3 is 2.56 bits per heavy atom. The number of hydrogen-bond donors (Lipinski definition) is 1. The van der Waals surface area contributed by atoms with Crippen molar-refractivity contribution in [2.24, 2.45) is 0 Å². The smallest absolute Gasteiger partial charge is 0.126 e. The molecule has 1 aromatic rings. The second-order valence-electron chi connectivity index (χ2n) is 5.54. The summed E-state index contributed by atoms with van der Waals surface area (Å²) in [6.07, 6.45) is 9.87. The summed E-state index contributed by atoms with van der Waals surface area (Å²) < 4.78 is 2.31. The fourth-order valence-corrected chi connectivity index (χ4v) is 3.00. The summed E-state index contributed by atoms with van der Waals surface area (Å²) in [5, 5.41) is 0. The van der Waals surface area contributed by atoms with Crippen LogP contribution in [0.4, 0.5) is 5.82 Å². The van der Waals surface area contributed by atoms with Crippen LogP contribution in [0.25, 0.3) is 0 Å². The summed E-state index contributed by atoms with van der Waals surface area (Å²) in [7, 11) is 0. The van der Waals surface area contributed by atoms with Crippen LogP contribution in [-0.2, 0) is 13.0 Å².